The molecular weight excluding hydrogens is 478 g/mol. The standard InChI is InChI=1S/C27H29N3O5S/c1-18(31)19-4-8-21(9-5-19)30-14-12-29(13-15-30)16-24(32)28-26-25(27(33)35-3)23(17-36-26)20-6-10-22(34-2)11-7-20/h4-11,17H,12-16H2,1-3H3,(H,28,32). The Kier molecular flexibility index (Phi) is 8.02. The van der Waals surface area contributed by atoms with E-state index in [-0.39, 0.29) is 18.2 Å². The minimum atomic E-state index is -0.498. The number of hydrogen-bond acceptors (Lipinski definition) is 8. The third kappa shape index (κ3) is 5.75. The summed E-state index contributed by atoms with van der Waals surface area (Å²) >= 11 is 1.30. The number of rotatable bonds is 8. The highest BCUT2D eigenvalue weighted by atomic mass is 32.1. The number of ether oxygens (including phenoxy) is 2. The second-order valence-corrected chi connectivity index (χ2v) is 9.37. The van der Waals surface area contributed by atoms with Crippen LogP contribution in [0.15, 0.2) is 53.9 Å². The molecule has 36 heavy (non-hydrogen) atoms. The zero-order valence-electron chi connectivity index (χ0n) is 20.6. The molecule has 188 valence electrons. The third-order valence-electron chi connectivity index (χ3n) is 6.21. The maximum atomic E-state index is 12.9. The molecule has 0 unspecified atom stereocenters. The molecule has 1 saturated heterocycles. The molecule has 0 aliphatic carbocycles. The molecule has 1 aromatic heterocycles. The van der Waals surface area contributed by atoms with Crippen molar-refractivity contribution in [3.05, 3.63) is 65.0 Å². The summed E-state index contributed by atoms with van der Waals surface area (Å²) in [5.41, 5.74) is 3.65. The number of nitrogens with one attached hydrogen (secondary N) is 1. The minimum absolute atomic E-state index is 0.0506. The first-order valence-electron chi connectivity index (χ1n) is 11.6. The van der Waals surface area contributed by atoms with Gasteiger partial charge in [0.2, 0.25) is 5.91 Å². The Morgan fingerprint density at radius 2 is 1.61 bits per heavy atom. The van der Waals surface area contributed by atoms with Gasteiger partial charge < -0.3 is 19.7 Å². The lowest BCUT2D eigenvalue weighted by atomic mass is 10.0. The van der Waals surface area contributed by atoms with Crippen LogP contribution in [0.2, 0.25) is 0 Å². The highest BCUT2D eigenvalue weighted by Crippen LogP contribution is 2.36. The van der Waals surface area contributed by atoms with Gasteiger partial charge in [-0.1, -0.05) is 12.1 Å². The highest BCUT2D eigenvalue weighted by Gasteiger charge is 2.24. The van der Waals surface area contributed by atoms with Crippen LogP contribution in [0.3, 0.4) is 0 Å². The fraction of sp³-hybridized carbons (Fsp3) is 0.296. The van der Waals surface area contributed by atoms with Crippen LogP contribution < -0.4 is 15.0 Å². The predicted molar refractivity (Wildman–Crippen MR) is 141 cm³/mol. The minimum Gasteiger partial charge on any atom is -0.497 e. The fourth-order valence-corrected chi connectivity index (χ4v) is 5.15. The number of hydrogen-bond donors (Lipinski definition) is 1. The molecule has 8 nitrogen and oxygen atoms in total. The molecule has 0 radical (unpaired) electrons. The van der Waals surface area contributed by atoms with E-state index >= 15 is 0 Å². The number of amides is 1. The van der Waals surface area contributed by atoms with E-state index in [0.29, 0.717) is 21.7 Å². The highest BCUT2D eigenvalue weighted by molar-refractivity contribution is 7.15. The topological polar surface area (TPSA) is 88.2 Å². The molecule has 0 atom stereocenters. The van der Waals surface area contributed by atoms with Crippen LogP contribution in [0.25, 0.3) is 11.1 Å². The Morgan fingerprint density at radius 3 is 2.19 bits per heavy atom. The number of anilines is 2. The van der Waals surface area contributed by atoms with Crippen molar-refractivity contribution in [2.24, 2.45) is 0 Å². The molecule has 0 spiro atoms. The Morgan fingerprint density at radius 1 is 0.944 bits per heavy atom. The molecule has 2 heterocycles. The zero-order valence-corrected chi connectivity index (χ0v) is 21.4. The lowest BCUT2D eigenvalue weighted by Crippen LogP contribution is -2.48. The summed E-state index contributed by atoms with van der Waals surface area (Å²) in [6, 6.07) is 15.0. The molecule has 3 aromatic rings. The van der Waals surface area contributed by atoms with Gasteiger partial charge in [-0.05, 0) is 48.9 Å². The van der Waals surface area contributed by atoms with Gasteiger partial charge in [0.1, 0.15) is 16.3 Å². The Hall–Kier alpha value is -3.69. The van der Waals surface area contributed by atoms with Gasteiger partial charge in [0.15, 0.2) is 5.78 Å². The fourth-order valence-electron chi connectivity index (χ4n) is 4.18. The molecule has 2 aromatic carbocycles. The summed E-state index contributed by atoms with van der Waals surface area (Å²) in [5.74, 6) is 0.0919. The number of nitrogens with zero attached hydrogens (tertiary/aromatic N) is 2. The van der Waals surface area contributed by atoms with E-state index in [1.54, 1.807) is 14.0 Å². The van der Waals surface area contributed by atoms with Crippen LogP contribution in [0, 0.1) is 0 Å². The summed E-state index contributed by atoms with van der Waals surface area (Å²) < 4.78 is 10.2. The number of carbonyl (C=O) groups is 3. The van der Waals surface area contributed by atoms with Crippen molar-refractivity contribution < 1.29 is 23.9 Å². The van der Waals surface area contributed by atoms with Crippen molar-refractivity contribution >= 4 is 39.7 Å². The maximum Gasteiger partial charge on any atom is 0.341 e. The molecule has 1 aliphatic rings. The van der Waals surface area contributed by atoms with Crippen molar-refractivity contribution in [1.29, 1.82) is 0 Å². The first kappa shape index (κ1) is 25.4. The van der Waals surface area contributed by atoms with E-state index in [2.05, 4.69) is 15.1 Å². The van der Waals surface area contributed by atoms with Crippen molar-refractivity contribution in [3.8, 4) is 16.9 Å². The monoisotopic (exact) mass is 507 g/mol. The molecule has 0 bridgehead atoms. The smallest absolute Gasteiger partial charge is 0.341 e. The summed E-state index contributed by atoms with van der Waals surface area (Å²) in [5, 5.41) is 5.23. The van der Waals surface area contributed by atoms with Crippen LogP contribution in [0.4, 0.5) is 10.7 Å². The van der Waals surface area contributed by atoms with E-state index in [0.717, 1.165) is 43.2 Å². The van der Waals surface area contributed by atoms with E-state index < -0.39 is 5.97 Å². The van der Waals surface area contributed by atoms with Crippen LogP contribution >= 0.6 is 11.3 Å². The van der Waals surface area contributed by atoms with Crippen molar-refractivity contribution in [3.63, 3.8) is 0 Å². The largest absolute Gasteiger partial charge is 0.497 e. The van der Waals surface area contributed by atoms with Crippen LogP contribution in [0.1, 0.15) is 27.6 Å². The number of benzene rings is 2. The average molecular weight is 508 g/mol. The molecule has 4 rings (SSSR count). The number of methoxy groups -OCH3 is 2. The summed E-state index contributed by atoms with van der Waals surface area (Å²) in [7, 11) is 2.93. The number of thiophene rings is 1. The Balaban J connectivity index is 1.38. The molecule has 0 saturated carbocycles. The van der Waals surface area contributed by atoms with E-state index in [1.807, 2.05) is 53.9 Å². The quantitative estimate of drug-likeness (QED) is 0.362. The van der Waals surface area contributed by atoms with Gasteiger partial charge in [-0.3, -0.25) is 14.5 Å². The molecule has 1 fully saturated rings. The SMILES string of the molecule is COC(=O)c1c(-c2ccc(OC)cc2)csc1NC(=O)CN1CCN(c2ccc(C(C)=O)cc2)CC1. The van der Waals surface area contributed by atoms with Crippen LogP contribution in [0.5, 0.6) is 5.75 Å². The first-order chi connectivity index (χ1) is 17.4. The molecule has 9 heteroatoms. The second kappa shape index (κ2) is 11.4. The number of esters is 1. The van der Waals surface area contributed by atoms with Crippen molar-refractivity contribution in [2.75, 3.05) is 57.2 Å². The first-order valence-corrected chi connectivity index (χ1v) is 12.5. The molecule has 1 amide bonds. The number of Topliss-reactive ketones (excluding diaryl/α,β-unsaturated/α-hetero) is 1. The van der Waals surface area contributed by atoms with E-state index in [1.165, 1.54) is 18.4 Å². The number of piperazine rings is 1. The lowest BCUT2D eigenvalue weighted by molar-refractivity contribution is -0.117. The Labute approximate surface area is 214 Å². The maximum absolute atomic E-state index is 12.9. The summed E-state index contributed by atoms with van der Waals surface area (Å²) in [4.78, 5) is 41.3. The van der Waals surface area contributed by atoms with E-state index in [4.69, 9.17) is 9.47 Å². The summed E-state index contributed by atoms with van der Waals surface area (Å²) in [6.07, 6.45) is 0. The molecular formula is C27H29N3O5S. The van der Waals surface area contributed by atoms with Crippen LogP contribution in [-0.2, 0) is 9.53 Å². The predicted octanol–water partition coefficient (Wildman–Crippen LogP) is 4.17. The molecule has 1 aliphatic heterocycles. The van der Waals surface area contributed by atoms with Gasteiger partial charge >= 0.3 is 5.97 Å². The van der Waals surface area contributed by atoms with Gasteiger partial charge in [0.25, 0.3) is 0 Å². The van der Waals surface area contributed by atoms with E-state index in [9.17, 15) is 14.4 Å². The third-order valence-corrected chi connectivity index (χ3v) is 7.11. The number of ketones is 1. The second-order valence-electron chi connectivity index (χ2n) is 8.49. The number of carbonyl (C=O) groups excluding carboxylic acids is 3. The van der Waals surface area contributed by atoms with Gasteiger partial charge in [-0.25, -0.2) is 4.79 Å². The average Bonchev–Trinajstić information content (AvgIpc) is 3.32. The van der Waals surface area contributed by atoms with Gasteiger partial charge in [0, 0.05) is 48.4 Å². The van der Waals surface area contributed by atoms with Gasteiger partial charge in [-0.15, -0.1) is 11.3 Å². The van der Waals surface area contributed by atoms with Crippen LogP contribution in [-0.4, -0.2) is 69.5 Å². The van der Waals surface area contributed by atoms with Gasteiger partial charge in [0.05, 0.1) is 20.8 Å². The van der Waals surface area contributed by atoms with Crippen molar-refractivity contribution in [2.45, 2.75) is 6.92 Å². The van der Waals surface area contributed by atoms with Crippen molar-refractivity contribution in [1.82, 2.24) is 4.90 Å². The molecule has 1 N–H and O–H groups in total. The zero-order chi connectivity index (χ0) is 25.7. The normalized spacial score (nSPS) is 13.8. The Bertz CT molecular complexity index is 1230. The van der Waals surface area contributed by atoms with Gasteiger partial charge in [-0.2, -0.15) is 0 Å². The summed E-state index contributed by atoms with van der Waals surface area (Å²) in [6.45, 7) is 4.80. The lowest BCUT2D eigenvalue weighted by Gasteiger charge is -2.35.